The number of ketones is 1. The fourth-order valence-corrected chi connectivity index (χ4v) is 4.25. The van der Waals surface area contributed by atoms with E-state index in [0.29, 0.717) is 17.3 Å². The summed E-state index contributed by atoms with van der Waals surface area (Å²) in [4.78, 5) is 21.8. The van der Waals surface area contributed by atoms with Gasteiger partial charge in [0, 0.05) is 29.7 Å². The summed E-state index contributed by atoms with van der Waals surface area (Å²) in [6.07, 6.45) is -0.195. The highest BCUT2D eigenvalue weighted by atomic mass is 35.5. The second-order valence-corrected chi connectivity index (χ2v) is 8.64. The molecule has 0 aliphatic heterocycles. The molecule has 5 rings (SSSR count). The zero-order valence-electron chi connectivity index (χ0n) is 19.3. The van der Waals surface area contributed by atoms with Crippen LogP contribution in [0.4, 0.5) is 17.6 Å². The first-order valence-corrected chi connectivity index (χ1v) is 11.6. The summed E-state index contributed by atoms with van der Waals surface area (Å²) >= 11 is 6.26. The zero-order chi connectivity index (χ0) is 26.9. The van der Waals surface area contributed by atoms with Crippen molar-refractivity contribution in [3.05, 3.63) is 118 Å². The van der Waals surface area contributed by atoms with Crippen molar-refractivity contribution in [1.82, 2.24) is 25.0 Å². The van der Waals surface area contributed by atoms with Crippen molar-refractivity contribution in [3.8, 4) is 22.6 Å². The molecule has 0 unspecified atom stereocenters. The second-order valence-electron chi connectivity index (χ2n) is 8.23. The van der Waals surface area contributed by atoms with Crippen LogP contribution in [0.25, 0.3) is 22.6 Å². The minimum atomic E-state index is -4.72. The molecular weight excluding hydrogens is 522 g/mol. The average molecular weight is 538 g/mol. The Bertz CT molecular complexity index is 1640. The lowest BCUT2D eigenvalue weighted by Crippen LogP contribution is -2.10. The van der Waals surface area contributed by atoms with Crippen molar-refractivity contribution in [2.75, 3.05) is 0 Å². The molecule has 3 aromatic heterocycles. The third-order valence-corrected chi connectivity index (χ3v) is 6.03. The minimum Gasteiger partial charge on any atom is -0.288 e. The van der Waals surface area contributed by atoms with Crippen LogP contribution >= 0.6 is 11.6 Å². The number of alkyl halides is 3. The normalized spacial score (nSPS) is 11.5. The first-order chi connectivity index (χ1) is 18.2. The summed E-state index contributed by atoms with van der Waals surface area (Å²) in [7, 11) is 0. The molecule has 0 bridgehead atoms. The van der Waals surface area contributed by atoms with Gasteiger partial charge in [0.05, 0.1) is 28.4 Å². The lowest BCUT2D eigenvalue weighted by molar-refractivity contribution is -0.137. The van der Waals surface area contributed by atoms with E-state index < -0.39 is 23.3 Å². The molecule has 0 aliphatic rings. The number of rotatable bonds is 6. The van der Waals surface area contributed by atoms with Crippen LogP contribution in [0.2, 0.25) is 5.02 Å². The SMILES string of the molecule is O=C(c1ccccc1Cl)c1cccnc1-c1nnn(Cc2cc(F)cc(C(F)(F)F)c2)c1-c1ccncc1. The number of carbonyl (C=O) groups is 1. The van der Waals surface area contributed by atoms with E-state index in [1.165, 1.54) is 23.3 Å². The van der Waals surface area contributed by atoms with Gasteiger partial charge in [0.2, 0.25) is 0 Å². The van der Waals surface area contributed by atoms with E-state index in [-0.39, 0.29) is 39.6 Å². The maximum atomic E-state index is 14.1. The molecule has 0 fully saturated rings. The van der Waals surface area contributed by atoms with E-state index in [0.717, 1.165) is 12.1 Å². The van der Waals surface area contributed by atoms with E-state index >= 15 is 0 Å². The molecule has 6 nitrogen and oxygen atoms in total. The molecule has 5 aromatic rings. The van der Waals surface area contributed by atoms with Gasteiger partial charge < -0.3 is 0 Å². The summed E-state index contributed by atoms with van der Waals surface area (Å²) in [5.41, 5.74) is 0.707. The number of nitrogens with zero attached hydrogens (tertiary/aromatic N) is 5. The Kier molecular flexibility index (Phi) is 6.73. The topological polar surface area (TPSA) is 73.6 Å². The number of aromatic nitrogens is 5. The predicted molar refractivity (Wildman–Crippen MR) is 132 cm³/mol. The van der Waals surface area contributed by atoms with Crippen molar-refractivity contribution in [2.24, 2.45) is 0 Å². The monoisotopic (exact) mass is 537 g/mol. The predicted octanol–water partition coefficient (Wildman–Crippen LogP) is 6.49. The lowest BCUT2D eigenvalue weighted by atomic mass is 9.98. The van der Waals surface area contributed by atoms with E-state index in [2.05, 4.69) is 20.3 Å². The van der Waals surface area contributed by atoms with Gasteiger partial charge in [0.25, 0.3) is 0 Å². The Hall–Kier alpha value is -4.44. The summed E-state index contributed by atoms with van der Waals surface area (Å²) in [5.74, 6) is -1.42. The van der Waals surface area contributed by atoms with Crippen molar-refractivity contribution < 1.29 is 22.4 Å². The van der Waals surface area contributed by atoms with Gasteiger partial charge in [0.15, 0.2) is 5.78 Å². The summed E-state index contributed by atoms with van der Waals surface area (Å²) in [5, 5.41) is 8.64. The summed E-state index contributed by atoms with van der Waals surface area (Å²) in [6, 6.07) is 15.3. The highest BCUT2D eigenvalue weighted by Gasteiger charge is 2.31. The molecule has 0 N–H and O–H groups in total. The van der Waals surface area contributed by atoms with Crippen molar-refractivity contribution in [2.45, 2.75) is 12.7 Å². The summed E-state index contributed by atoms with van der Waals surface area (Å²) in [6.45, 7) is -0.230. The lowest BCUT2D eigenvalue weighted by Gasteiger charge is -2.12. The maximum Gasteiger partial charge on any atom is 0.416 e. The molecule has 190 valence electrons. The van der Waals surface area contributed by atoms with Crippen molar-refractivity contribution in [3.63, 3.8) is 0 Å². The molecule has 0 aliphatic carbocycles. The zero-order valence-corrected chi connectivity index (χ0v) is 20.1. The van der Waals surface area contributed by atoms with E-state index in [4.69, 9.17) is 11.6 Å². The first kappa shape index (κ1) is 25.2. The fraction of sp³-hybridized carbons (Fsp3) is 0.0741. The van der Waals surface area contributed by atoms with E-state index in [1.54, 1.807) is 48.5 Å². The number of carbonyl (C=O) groups excluding carboxylic acids is 1. The molecule has 0 saturated heterocycles. The molecule has 0 spiro atoms. The van der Waals surface area contributed by atoms with E-state index in [1.807, 2.05) is 0 Å². The van der Waals surface area contributed by atoms with Gasteiger partial charge in [-0.2, -0.15) is 13.2 Å². The molecule has 3 heterocycles. The van der Waals surface area contributed by atoms with Gasteiger partial charge >= 0.3 is 6.18 Å². The number of hydrogen-bond donors (Lipinski definition) is 0. The Labute approximate surface area is 218 Å². The molecular formula is C27H16ClF4N5O. The number of pyridine rings is 2. The third-order valence-electron chi connectivity index (χ3n) is 5.70. The number of hydrogen-bond acceptors (Lipinski definition) is 5. The Morgan fingerprint density at radius 2 is 1.63 bits per heavy atom. The third kappa shape index (κ3) is 5.03. The fourth-order valence-electron chi connectivity index (χ4n) is 4.02. The molecule has 38 heavy (non-hydrogen) atoms. The Balaban J connectivity index is 1.65. The van der Waals surface area contributed by atoms with Crippen molar-refractivity contribution in [1.29, 1.82) is 0 Å². The Morgan fingerprint density at radius 3 is 2.37 bits per heavy atom. The number of halogens is 5. The molecule has 2 aromatic carbocycles. The van der Waals surface area contributed by atoms with Gasteiger partial charge in [-0.05, 0) is 60.2 Å². The molecule has 0 saturated carbocycles. The minimum absolute atomic E-state index is 0.0254. The smallest absolute Gasteiger partial charge is 0.288 e. The summed E-state index contributed by atoms with van der Waals surface area (Å²) < 4.78 is 55.3. The number of benzene rings is 2. The van der Waals surface area contributed by atoms with Crippen LogP contribution in [0.15, 0.2) is 85.3 Å². The quantitative estimate of drug-likeness (QED) is 0.183. The van der Waals surface area contributed by atoms with Crippen LogP contribution in [0, 0.1) is 5.82 Å². The van der Waals surface area contributed by atoms with Gasteiger partial charge in [-0.3, -0.25) is 14.8 Å². The van der Waals surface area contributed by atoms with Crippen molar-refractivity contribution >= 4 is 17.4 Å². The standard InChI is InChI=1S/C27H16ClF4N5O/c28-22-6-2-1-4-20(22)26(38)21-5-3-9-34-23(21)24-25(17-7-10-33-11-8-17)37(36-35-24)15-16-12-18(27(30,31)32)14-19(29)13-16/h1-14H,15H2. The van der Waals surface area contributed by atoms with Gasteiger partial charge in [0.1, 0.15) is 17.2 Å². The Morgan fingerprint density at radius 1 is 0.895 bits per heavy atom. The largest absolute Gasteiger partial charge is 0.416 e. The molecule has 0 atom stereocenters. The molecule has 11 heteroatoms. The van der Waals surface area contributed by atoms with Gasteiger partial charge in [-0.1, -0.05) is 28.9 Å². The highest BCUT2D eigenvalue weighted by Crippen LogP contribution is 2.34. The highest BCUT2D eigenvalue weighted by molar-refractivity contribution is 6.35. The maximum absolute atomic E-state index is 14.1. The van der Waals surface area contributed by atoms with Gasteiger partial charge in [-0.15, -0.1) is 5.10 Å². The van der Waals surface area contributed by atoms with E-state index in [9.17, 15) is 22.4 Å². The van der Waals surface area contributed by atoms with Crippen LogP contribution in [0.5, 0.6) is 0 Å². The van der Waals surface area contributed by atoms with Crippen LogP contribution in [-0.2, 0) is 12.7 Å². The van der Waals surface area contributed by atoms with Crippen LogP contribution in [-0.4, -0.2) is 30.7 Å². The van der Waals surface area contributed by atoms with Crippen LogP contribution in [0.1, 0.15) is 27.0 Å². The molecule has 0 radical (unpaired) electrons. The van der Waals surface area contributed by atoms with Crippen LogP contribution < -0.4 is 0 Å². The molecule has 0 amide bonds. The van der Waals surface area contributed by atoms with Crippen LogP contribution in [0.3, 0.4) is 0 Å². The second kappa shape index (κ2) is 10.1. The van der Waals surface area contributed by atoms with Gasteiger partial charge in [-0.25, -0.2) is 9.07 Å². The average Bonchev–Trinajstić information content (AvgIpc) is 3.31. The first-order valence-electron chi connectivity index (χ1n) is 11.2.